The van der Waals surface area contributed by atoms with E-state index in [2.05, 4.69) is 5.32 Å². The standard InChI is InChI=1S/C10H19NO2/c12-8-5-7(6-8)11-9-3-1-2-4-10(9)13/h7-13H,1-6H2. The summed E-state index contributed by atoms with van der Waals surface area (Å²) in [7, 11) is 0. The fourth-order valence-electron chi connectivity index (χ4n) is 2.33. The Bertz CT molecular complexity index is 168. The molecule has 0 aliphatic heterocycles. The van der Waals surface area contributed by atoms with E-state index in [1.165, 1.54) is 6.42 Å². The quantitative estimate of drug-likeness (QED) is 0.584. The Morgan fingerprint density at radius 3 is 2.31 bits per heavy atom. The molecule has 0 amide bonds. The van der Waals surface area contributed by atoms with Crippen LogP contribution in [0.2, 0.25) is 0 Å². The van der Waals surface area contributed by atoms with Gasteiger partial charge in [0.1, 0.15) is 0 Å². The smallest absolute Gasteiger partial charge is 0.0693 e. The van der Waals surface area contributed by atoms with Gasteiger partial charge in [0.25, 0.3) is 0 Å². The molecular weight excluding hydrogens is 166 g/mol. The van der Waals surface area contributed by atoms with E-state index in [1.807, 2.05) is 0 Å². The normalized spacial score (nSPS) is 45.7. The summed E-state index contributed by atoms with van der Waals surface area (Å²) in [6.07, 6.45) is 5.88. The van der Waals surface area contributed by atoms with Crippen molar-refractivity contribution in [3.63, 3.8) is 0 Å². The minimum absolute atomic E-state index is 0.0989. The van der Waals surface area contributed by atoms with Crippen molar-refractivity contribution in [2.75, 3.05) is 0 Å². The summed E-state index contributed by atoms with van der Waals surface area (Å²) >= 11 is 0. The first-order valence-electron chi connectivity index (χ1n) is 5.38. The van der Waals surface area contributed by atoms with Crippen LogP contribution in [0.15, 0.2) is 0 Å². The molecule has 0 aromatic carbocycles. The highest BCUT2D eigenvalue weighted by Crippen LogP contribution is 2.24. The zero-order chi connectivity index (χ0) is 9.26. The third kappa shape index (κ3) is 2.22. The van der Waals surface area contributed by atoms with Crippen molar-refractivity contribution in [1.82, 2.24) is 5.32 Å². The van der Waals surface area contributed by atoms with E-state index in [1.54, 1.807) is 0 Å². The van der Waals surface area contributed by atoms with Gasteiger partial charge in [-0.25, -0.2) is 0 Å². The van der Waals surface area contributed by atoms with Gasteiger partial charge in [0.2, 0.25) is 0 Å². The van der Waals surface area contributed by atoms with Crippen LogP contribution in [-0.2, 0) is 0 Å². The maximum Gasteiger partial charge on any atom is 0.0693 e. The summed E-state index contributed by atoms with van der Waals surface area (Å²) in [5.41, 5.74) is 0. The predicted molar refractivity (Wildman–Crippen MR) is 50.4 cm³/mol. The van der Waals surface area contributed by atoms with E-state index >= 15 is 0 Å². The highest BCUT2D eigenvalue weighted by atomic mass is 16.3. The van der Waals surface area contributed by atoms with Crippen molar-refractivity contribution in [3.05, 3.63) is 0 Å². The zero-order valence-corrected chi connectivity index (χ0v) is 7.95. The molecule has 2 aliphatic carbocycles. The molecule has 0 radical (unpaired) electrons. The van der Waals surface area contributed by atoms with Crippen LogP contribution in [0.4, 0.5) is 0 Å². The Kier molecular flexibility index (Phi) is 2.86. The fourth-order valence-corrected chi connectivity index (χ4v) is 2.33. The van der Waals surface area contributed by atoms with Gasteiger partial charge < -0.3 is 15.5 Å². The Morgan fingerprint density at radius 2 is 1.69 bits per heavy atom. The van der Waals surface area contributed by atoms with Gasteiger partial charge in [0.15, 0.2) is 0 Å². The number of hydrogen-bond donors (Lipinski definition) is 3. The van der Waals surface area contributed by atoms with Crippen LogP contribution in [0.25, 0.3) is 0 Å². The Balaban J connectivity index is 1.73. The van der Waals surface area contributed by atoms with Gasteiger partial charge in [-0.05, 0) is 25.7 Å². The molecule has 2 fully saturated rings. The highest BCUT2D eigenvalue weighted by molar-refractivity contribution is 4.90. The molecule has 0 aromatic rings. The van der Waals surface area contributed by atoms with Gasteiger partial charge in [0.05, 0.1) is 12.2 Å². The molecule has 2 saturated carbocycles. The molecule has 76 valence electrons. The summed E-state index contributed by atoms with van der Waals surface area (Å²) in [6.45, 7) is 0. The molecule has 3 nitrogen and oxygen atoms in total. The maximum absolute atomic E-state index is 9.68. The summed E-state index contributed by atoms with van der Waals surface area (Å²) < 4.78 is 0. The maximum atomic E-state index is 9.68. The lowest BCUT2D eigenvalue weighted by molar-refractivity contribution is 0.0304. The second-order valence-electron chi connectivity index (χ2n) is 4.45. The molecule has 0 aromatic heterocycles. The van der Waals surface area contributed by atoms with E-state index in [4.69, 9.17) is 5.11 Å². The molecule has 2 rings (SSSR count). The summed E-state index contributed by atoms with van der Waals surface area (Å²) in [6, 6.07) is 0.735. The van der Waals surface area contributed by atoms with Crippen LogP contribution in [0.3, 0.4) is 0 Å². The van der Waals surface area contributed by atoms with Crippen LogP contribution in [0.1, 0.15) is 38.5 Å². The predicted octanol–water partition coefficient (Wildman–Crippen LogP) is 0.403. The van der Waals surface area contributed by atoms with E-state index in [0.717, 1.165) is 32.1 Å². The van der Waals surface area contributed by atoms with Gasteiger partial charge in [-0.15, -0.1) is 0 Å². The third-order valence-electron chi connectivity index (χ3n) is 3.29. The van der Waals surface area contributed by atoms with Crippen molar-refractivity contribution in [2.45, 2.75) is 62.8 Å². The Labute approximate surface area is 79.2 Å². The Hall–Kier alpha value is -0.120. The lowest BCUT2D eigenvalue weighted by atomic mass is 9.86. The molecule has 0 heterocycles. The lowest BCUT2D eigenvalue weighted by Gasteiger charge is -2.38. The summed E-state index contributed by atoms with van der Waals surface area (Å²) in [5, 5.41) is 22.2. The molecule has 13 heavy (non-hydrogen) atoms. The molecule has 2 aliphatic rings. The van der Waals surface area contributed by atoms with E-state index in [-0.39, 0.29) is 18.2 Å². The highest BCUT2D eigenvalue weighted by Gasteiger charge is 2.31. The molecular formula is C10H19NO2. The second kappa shape index (κ2) is 3.95. The number of aliphatic hydroxyl groups excluding tert-OH is 2. The first kappa shape index (κ1) is 9.44. The van der Waals surface area contributed by atoms with Gasteiger partial charge in [0, 0.05) is 12.1 Å². The molecule has 0 saturated heterocycles. The number of rotatable bonds is 2. The van der Waals surface area contributed by atoms with Gasteiger partial charge in [-0.2, -0.15) is 0 Å². The lowest BCUT2D eigenvalue weighted by Crippen LogP contribution is -2.53. The molecule has 0 spiro atoms. The monoisotopic (exact) mass is 185 g/mol. The largest absolute Gasteiger partial charge is 0.393 e. The molecule has 2 atom stereocenters. The fraction of sp³-hybridized carbons (Fsp3) is 1.00. The second-order valence-corrected chi connectivity index (χ2v) is 4.45. The Morgan fingerprint density at radius 1 is 1.00 bits per heavy atom. The summed E-state index contributed by atoms with van der Waals surface area (Å²) in [4.78, 5) is 0. The average Bonchev–Trinajstić information content (AvgIpc) is 2.06. The zero-order valence-electron chi connectivity index (χ0n) is 7.95. The van der Waals surface area contributed by atoms with Crippen LogP contribution < -0.4 is 5.32 Å². The first-order valence-corrected chi connectivity index (χ1v) is 5.38. The van der Waals surface area contributed by atoms with Crippen molar-refractivity contribution in [3.8, 4) is 0 Å². The molecule has 0 bridgehead atoms. The van der Waals surface area contributed by atoms with E-state index < -0.39 is 0 Å². The van der Waals surface area contributed by atoms with E-state index in [0.29, 0.717) is 6.04 Å². The van der Waals surface area contributed by atoms with Gasteiger partial charge in [-0.1, -0.05) is 12.8 Å². The minimum atomic E-state index is -0.161. The van der Waals surface area contributed by atoms with Crippen molar-refractivity contribution in [2.24, 2.45) is 0 Å². The number of nitrogens with one attached hydrogen (secondary N) is 1. The summed E-state index contributed by atoms with van der Waals surface area (Å²) in [5.74, 6) is 0. The molecule has 3 heteroatoms. The molecule has 3 N–H and O–H groups in total. The van der Waals surface area contributed by atoms with Crippen LogP contribution in [0, 0.1) is 0 Å². The third-order valence-corrected chi connectivity index (χ3v) is 3.29. The molecule has 2 unspecified atom stereocenters. The number of hydrogen-bond acceptors (Lipinski definition) is 3. The SMILES string of the molecule is OC1CC(NC2CCCCC2O)C1. The van der Waals surface area contributed by atoms with Gasteiger partial charge >= 0.3 is 0 Å². The van der Waals surface area contributed by atoms with Crippen LogP contribution in [-0.4, -0.2) is 34.5 Å². The van der Waals surface area contributed by atoms with Crippen LogP contribution in [0.5, 0.6) is 0 Å². The van der Waals surface area contributed by atoms with Crippen molar-refractivity contribution in [1.29, 1.82) is 0 Å². The first-order chi connectivity index (χ1) is 6.25. The average molecular weight is 185 g/mol. The minimum Gasteiger partial charge on any atom is -0.393 e. The van der Waals surface area contributed by atoms with Gasteiger partial charge in [-0.3, -0.25) is 0 Å². The van der Waals surface area contributed by atoms with Crippen molar-refractivity contribution >= 4 is 0 Å². The van der Waals surface area contributed by atoms with Crippen molar-refractivity contribution < 1.29 is 10.2 Å². The van der Waals surface area contributed by atoms with Crippen LogP contribution >= 0.6 is 0 Å². The van der Waals surface area contributed by atoms with E-state index in [9.17, 15) is 5.11 Å². The number of aliphatic hydroxyl groups is 2. The topological polar surface area (TPSA) is 52.5 Å².